The number of likely N-dealkylation sites (tertiary alicyclic amines) is 1. The second-order valence-electron chi connectivity index (χ2n) is 8.54. The summed E-state index contributed by atoms with van der Waals surface area (Å²) in [5.41, 5.74) is 2.83. The molecule has 1 atom stereocenters. The highest BCUT2D eigenvalue weighted by Gasteiger charge is 2.20. The van der Waals surface area contributed by atoms with E-state index in [0.29, 0.717) is 12.0 Å². The fourth-order valence-corrected chi connectivity index (χ4v) is 4.10. The van der Waals surface area contributed by atoms with Crippen molar-refractivity contribution in [2.24, 2.45) is 10.9 Å². The smallest absolute Gasteiger partial charge is 0.191 e. The van der Waals surface area contributed by atoms with Crippen molar-refractivity contribution < 1.29 is 9.47 Å². The average Bonchev–Trinajstić information content (AvgIpc) is 3.27. The molecule has 2 N–H and O–H groups in total. The van der Waals surface area contributed by atoms with E-state index < -0.39 is 0 Å². The number of hydrogen-bond acceptors (Lipinski definition) is 4. The summed E-state index contributed by atoms with van der Waals surface area (Å²) in [4.78, 5) is 7.32. The van der Waals surface area contributed by atoms with Crippen LogP contribution in [0.3, 0.4) is 0 Å². The van der Waals surface area contributed by atoms with Crippen molar-refractivity contribution in [3.63, 3.8) is 0 Å². The Morgan fingerprint density at radius 1 is 1.23 bits per heavy atom. The molecule has 2 saturated heterocycles. The molecule has 3 rings (SSSR count). The van der Waals surface area contributed by atoms with Crippen molar-refractivity contribution in [1.29, 1.82) is 0 Å². The number of piperidine rings is 1. The van der Waals surface area contributed by atoms with Gasteiger partial charge >= 0.3 is 0 Å². The van der Waals surface area contributed by atoms with Crippen LogP contribution in [0.5, 0.6) is 0 Å². The number of ether oxygens (including phenoxy) is 2. The molecule has 0 amide bonds. The normalized spacial score (nSPS) is 20.5. The Bertz CT molecular complexity index is 644. The van der Waals surface area contributed by atoms with E-state index in [9.17, 15) is 0 Å². The van der Waals surface area contributed by atoms with Gasteiger partial charge in [0.05, 0.1) is 13.2 Å². The van der Waals surface area contributed by atoms with Crippen LogP contribution in [0.15, 0.2) is 29.3 Å². The second-order valence-corrected chi connectivity index (χ2v) is 8.54. The van der Waals surface area contributed by atoms with Crippen LogP contribution in [0.1, 0.15) is 43.7 Å². The molecule has 1 aromatic carbocycles. The SMILES string of the molecule is CCNC(=NCCCOCC1CCOC1)NC1CCN(Cc2ccccc2C)CC1.I. The Labute approximate surface area is 205 Å². The minimum absolute atomic E-state index is 0. The number of aliphatic imine (C=N–C) groups is 1. The van der Waals surface area contributed by atoms with Gasteiger partial charge in [0, 0.05) is 57.9 Å². The highest BCUT2D eigenvalue weighted by molar-refractivity contribution is 14.0. The number of aryl methyl sites for hydroxylation is 1. The van der Waals surface area contributed by atoms with Gasteiger partial charge in [-0.15, -0.1) is 24.0 Å². The van der Waals surface area contributed by atoms with E-state index in [0.717, 1.165) is 90.8 Å². The van der Waals surface area contributed by atoms with Crippen molar-refractivity contribution in [2.75, 3.05) is 52.6 Å². The second kappa shape index (κ2) is 15.0. The summed E-state index contributed by atoms with van der Waals surface area (Å²) >= 11 is 0. The van der Waals surface area contributed by atoms with E-state index in [4.69, 9.17) is 14.5 Å². The number of benzene rings is 1. The summed E-state index contributed by atoms with van der Waals surface area (Å²) in [5, 5.41) is 7.04. The average molecular weight is 545 g/mol. The summed E-state index contributed by atoms with van der Waals surface area (Å²) in [5.74, 6) is 1.53. The lowest BCUT2D eigenvalue weighted by atomic mass is 10.0. The third-order valence-corrected chi connectivity index (χ3v) is 6.02. The monoisotopic (exact) mass is 544 g/mol. The van der Waals surface area contributed by atoms with E-state index in [-0.39, 0.29) is 24.0 Å². The molecule has 0 radical (unpaired) electrons. The van der Waals surface area contributed by atoms with Gasteiger partial charge in [-0.1, -0.05) is 24.3 Å². The van der Waals surface area contributed by atoms with Crippen LogP contribution in [-0.2, 0) is 16.0 Å². The summed E-state index contributed by atoms with van der Waals surface area (Å²) < 4.78 is 11.2. The van der Waals surface area contributed by atoms with Crippen molar-refractivity contribution in [3.05, 3.63) is 35.4 Å². The van der Waals surface area contributed by atoms with Crippen molar-refractivity contribution in [1.82, 2.24) is 15.5 Å². The van der Waals surface area contributed by atoms with E-state index in [1.54, 1.807) is 0 Å². The summed E-state index contributed by atoms with van der Waals surface area (Å²) in [7, 11) is 0. The first-order valence-corrected chi connectivity index (χ1v) is 11.7. The fraction of sp³-hybridized carbons (Fsp3) is 0.708. The van der Waals surface area contributed by atoms with Crippen LogP contribution in [0.25, 0.3) is 0 Å². The van der Waals surface area contributed by atoms with E-state index in [2.05, 4.69) is 53.6 Å². The quantitative estimate of drug-likeness (QED) is 0.204. The molecule has 2 aliphatic rings. The van der Waals surface area contributed by atoms with Gasteiger partial charge in [0.2, 0.25) is 0 Å². The van der Waals surface area contributed by atoms with Crippen LogP contribution >= 0.6 is 24.0 Å². The number of hydrogen-bond donors (Lipinski definition) is 2. The summed E-state index contributed by atoms with van der Waals surface area (Å²) in [6, 6.07) is 9.21. The number of halogens is 1. The predicted molar refractivity (Wildman–Crippen MR) is 138 cm³/mol. The first kappa shape index (κ1) is 26.4. The van der Waals surface area contributed by atoms with Crippen LogP contribution in [0.4, 0.5) is 0 Å². The molecule has 0 aromatic heterocycles. The van der Waals surface area contributed by atoms with Gasteiger partial charge < -0.3 is 20.1 Å². The molecule has 2 fully saturated rings. The van der Waals surface area contributed by atoms with E-state index in [1.165, 1.54) is 11.1 Å². The zero-order valence-corrected chi connectivity index (χ0v) is 21.6. The molecule has 0 bridgehead atoms. The largest absolute Gasteiger partial charge is 0.381 e. The van der Waals surface area contributed by atoms with Gasteiger partial charge in [-0.25, -0.2) is 0 Å². The Hall–Kier alpha value is -0.900. The van der Waals surface area contributed by atoms with Gasteiger partial charge in [0.25, 0.3) is 0 Å². The van der Waals surface area contributed by atoms with Crippen LogP contribution in [0.2, 0.25) is 0 Å². The highest BCUT2D eigenvalue weighted by Crippen LogP contribution is 2.16. The van der Waals surface area contributed by atoms with Gasteiger partial charge in [-0.05, 0) is 50.7 Å². The van der Waals surface area contributed by atoms with E-state index >= 15 is 0 Å². The minimum Gasteiger partial charge on any atom is -0.381 e. The van der Waals surface area contributed by atoms with Crippen molar-refractivity contribution in [3.8, 4) is 0 Å². The molecule has 1 unspecified atom stereocenters. The highest BCUT2D eigenvalue weighted by atomic mass is 127. The predicted octanol–water partition coefficient (Wildman–Crippen LogP) is 3.58. The Kier molecular flexibility index (Phi) is 12.8. The lowest BCUT2D eigenvalue weighted by molar-refractivity contribution is 0.0893. The summed E-state index contributed by atoms with van der Waals surface area (Å²) in [6.45, 7) is 12.7. The third-order valence-electron chi connectivity index (χ3n) is 6.02. The van der Waals surface area contributed by atoms with Gasteiger partial charge in [0.15, 0.2) is 5.96 Å². The lowest BCUT2D eigenvalue weighted by Gasteiger charge is -2.33. The maximum Gasteiger partial charge on any atom is 0.191 e. The molecule has 176 valence electrons. The molecular weight excluding hydrogens is 503 g/mol. The molecule has 0 spiro atoms. The van der Waals surface area contributed by atoms with Crippen LogP contribution in [-0.4, -0.2) is 69.5 Å². The van der Waals surface area contributed by atoms with E-state index in [1.807, 2.05) is 0 Å². The zero-order chi connectivity index (χ0) is 21.0. The number of nitrogens with one attached hydrogen (secondary N) is 2. The van der Waals surface area contributed by atoms with Gasteiger partial charge in [-0.3, -0.25) is 9.89 Å². The third kappa shape index (κ3) is 9.63. The molecule has 0 saturated carbocycles. The van der Waals surface area contributed by atoms with Crippen molar-refractivity contribution in [2.45, 2.75) is 52.1 Å². The first-order valence-electron chi connectivity index (χ1n) is 11.7. The van der Waals surface area contributed by atoms with Crippen molar-refractivity contribution >= 4 is 29.9 Å². The van der Waals surface area contributed by atoms with Crippen LogP contribution < -0.4 is 10.6 Å². The minimum atomic E-state index is 0. The Morgan fingerprint density at radius 3 is 2.74 bits per heavy atom. The molecule has 2 aliphatic heterocycles. The summed E-state index contributed by atoms with van der Waals surface area (Å²) in [6.07, 6.45) is 4.40. The molecular formula is C24H41IN4O2. The Balaban J connectivity index is 0.00000341. The van der Waals surface area contributed by atoms with Crippen LogP contribution in [0, 0.1) is 12.8 Å². The maximum absolute atomic E-state index is 5.78. The molecule has 2 heterocycles. The fourth-order valence-electron chi connectivity index (χ4n) is 4.10. The molecule has 6 nitrogen and oxygen atoms in total. The Morgan fingerprint density at radius 2 is 2.03 bits per heavy atom. The number of nitrogens with zero attached hydrogens (tertiary/aromatic N) is 2. The molecule has 1 aromatic rings. The molecule has 0 aliphatic carbocycles. The number of guanidine groups is 1. The molecule has 31 heavy (non-hydrogen) atoms. The van der Waals surface area contributed by atoms with Gasteiger partial charge in [0.1, 0.15) is 0 Å². The topological polar surface area (TPSA) is 58.1 Å². The molecule has 7 heteroatoms. The first-order chi connectivity index (χ1) is 14.7. The zero-order valence-electron chi connectivity index (χ0n) is 19.3. The maximum atomic E-state index is 5.78. The van der Waals surface area contributed by atoms with Gasteiger partial charge in [-0.2, -0.15) is 0 Å². The standard InChI is InChI=1S/C24H40N4O2.HI/c1-3-25-24(26-12-6-15-29-18-21-11-16-30-19-21)27-23-9-13-28(14-10-23)17-22-8-5-4-7-20(22)2;/h4-5,7-8,21,23H,3,6,9-19H2,1-2H3,(H2,25,26,27);1H. The lowest BCUT2D eigenvalue weighted by Crippen LogP contribution is -2.48. The number of rotatable bonds is 10.